The molecule has 0 saturated carbocycles. The van der Waals surface area contributed by atoms with Gasteiger partial charge in [0.05, 0.1) is 0 Å². The maximum absolute atomic E-state index is 12.2. The van der Waals surface area contributed by atoms with Gasteiger partial charge in [0, 0.05) is 48.7 Å². The second-order valence-electron chi connectivity index (χ2n) is 9.42. The third-order valence-corrected chi connectivity index (χ3v) is 6.32. The molecule has 0 aromatic heterocycles. The lowest BCUT2D eigenvalue weighted by Gasteiger charge is -2.48. The number of methoxy groups -OCH3 is 1. The molecule has 0 spiro atoms. The molecule has 0 aromatic carbocycles. The highest BCUT2D eigenvalue weighted by Crippen LogP contribution is 2.34. The van der Waals surface area contributed by atoms with Crippen molar-refractivity contribution >= 4 is 47.4 Å². The summed E-state index contributed by atoms with van der Waals surface area (Å²) >= 11 is 6.52. The summed E-state index contributed by atoms with van der Waals surface area (Å²) in [6, 6.07) is -1.31. The van der Waals surface area contributed by atoms with E-state index in [-0.39, 0.29) is 6.61 Å². The van der Waals surface area contributed by atoms with Crippen molar-refractivity contribution in [1.29, 1.82) is 0 Å². The van der Waals surface area contributed by atoms with Gasteiger partial charge in [0.1, 0.15) is 43.7 Å². The SMILES string of the molecule is CO[C@@H]1[C@H](O[C@@H]2O[C@H](COC(C)=O)[C@@H](OC(C)=O)[C@H](OC(C)=O)[C@H]2NC(C)=O)[C@@H](Cl)O[C@H](COC(C)=O)[C@H]1OC(C)=O. The predicted molar refractivity (Wildman–Crippen MR) is 136 cm³/mol. The number of alkyl halides is 1. The van der Waals surface area contributed by atoms with E-state index in [0.717, 1.165) is 27.7 Å². The van der Waals surface area contributed by atoms with Gasteiger partial charge in [-0.2, -0.15) is 0 Å². The Hall–Kier alpha value is -3.05. The highest BCUT2D eigenvalue weighted by atomic mass is 35.5. The fourth-order valence-electron chi connectivity index (χ4n) is 4.51. The van der Waals surface area contributed by atoms with Crippen molar-refractivity contribution in [2.24, 2.45) is 0 Å². The summed E-state index contributed by atoms with van der Waals surface area (Å²) in [4.78, 5) is 71.2. The van der Waals surface area contributed by atoms with Crippen LogP contribution < -0.4 is 5.32 Å². The zero-order chi connectivity index (χ0) is 31.7. The number of amides is 1. The van der Waals surface area contributed by atoms with Crippen LogP contribution in [-0.2, 0) is 71.4 Å². The number of halogens is 1. The van der Waals surface area contributed by atoms with Gasteiger partial charge < -0.3 is 47.9 Å². The second-order valence-corrected chi connectivity index (χ2v) is 9.85. The molecule has 0 radical (unpaired) electrons. The molecule has 1 N–H and O–H groups in total. The lowest BCUT2D eigenvalue weighted by molar-refractivity contribution is -0.318. The Morgan fingerprint density at radius 3 is 1.52 bits per heavy atom. The van der Waals surface area contributed by atoms with Gasteiger partial charge in [-0.15, -0.1) is 0 Å². The molecule has 0 aliphatic carbocycles. The van der Waals surface area contributed by atoms with E-state index in [2.05, 4.69) is 5.32 Å². The summed E-state index contributed by atoms with van der Waals surface area (Å²) in [5, 5.41) is 2.57. The van der Waals surface area contributed by atoms with E-state index < -0.39 is 103 Å². The van der Waals surface area contributed by atoms with Gasteiger partial charge >= 0.3 is 29.8 Å². The van der Waals surface area contributed by atoms with Crippen molar-refractivity contribution in [2.75, 3.05) is 20.3 Å². The average molecular weight is 626 g/mol. The van der Waals surface area contributed by atoms with E-state index in [1.165, 1.54) is 21.0 Å². The molecule has 2 aliphatic rings. The Labute approximate surface area is 246 Å². The number of nitrogens with one attached hydrogen (secondary N) is 1. The fraction of sp³-hybridized carbons (Fsp3) is 0.760. The molecule has 2 aliphatic heterocycles. The van der Waals surface area contributed by atoms with Crippen LogP contribution in [0, 0.1) is 0 Å². The zero-order valence-electron chi connectivity index (χ0n) is 24.2. The Morgan fingerprint density at radius 1 is 0.643 bits per heavy atom. The summed E-state index contributed by atoms with van der Waals surface area (Å²) in [7, 11) is 1.28. The second kappa shape index (κ2) is 16.0. The minimum absolute atomic E-state index is 0.333. The summed E-state index contributed by atoms with van der Waals surface area (Å²) in [5.74, 6) is -4.19. The van der Waals surface area contributed by atoms with E-state index in [0.29, 0.717) is 0 Å². The predicted octanol–water partition coefficient (Wildman–Crippen LogP) is -0.499. The Balaban J connectivity index is 2.52. The number of esters is 5. The van der Waals surface area contributed by atoms with Crippen LogP contribution in [0.3, 0.4) is 0 Å². The number of hydrogen-bond donors (Lipinski definition) is 1. The van der Waals surface area contributed by atoms with E-state index in [1.54, 1.807) is 0 Å². The molecule has 2 fully saturated rings. The summed E-state index contributed by atoms with van der Waals surface area (Å²) in [6.45, 7) is 6.05. The van der Waals surface area contributed by atoms with Crippen LogP contribution in [0.5, 0.6) is 0 Å². The Bertz CT molecular complexity index is 1010. The smallest absolute Gasteiger partial charge is 0.303 e. The van der Waals surface area contributed by atoms with Crippen molar-refractivity contribution in [3.05, 3.63) is 0 Å². The van der Waals surface area contributed by atoms with Crippen molar-refractivity contribution in [1.82, 2.24) is 5.32 Å². The van der Waals surface area contributed by atoms with Crippen LogP contribution in [0.15, 0.2) is 0 Å². The van der Waals surface area contributed by atoms with E-state index >= 15 is 0 Å². The molecule has 0 unspecified atom stereocenters. The highest BCUT2D eigenvalue weighted by Gasteiger charge is 2.55. The topological polar surface area (TPSA) is 198 Å². The van der Waals surface area contributed by atoms with Crippen LogP contribution >= 0.6 is 11.6 Å². The summed E-state index contributed by atoms with van der Waals surface area (Å²) in [6.07, 6.45) is -10.2. The molecule has 42 heavy (non-hydrogen) atoms. The molecule has 0 bridgehead atoms. The molecule has 10 atom stereocenters. The fourth-order valence-corrected chi connectivity index (χ4v) is 4.84. The molecule has 1 amide bonds. The van der Waals surface area contributed by atoms with Gasteiger partial charge in [-0.3, -0.25) is 28.8 Å². The van der Waals surface area contributed by atoms with Gasteiger partial charge in [-0.25, -0.2) is 0 Å². The van der Waals surface area contributed by atoms with Gasteiger partial charge in [-0.1, -0.05) is 11.6 Å². The van der Waals surface area contributed by atoms with E-state index in [1.807, 2.05) is 0 Å². The standard InChI is InChI=1S/C25H36ClNO15/c1-10(28)27-18-21(39-15(6)33)19(37-13(4)31)17(9-36-12(3)30)41-25(18)42-23-22(34-7)20(38-14(5)32)16(40-24(23)26)8-35-11(2)29/h16-25H,8-9H2,1-7H3,(H,27,28)/t16-,17-,18-,19-,20-,21-,22+,23+,24+,25+/m1/s1. The minimum Gasteiger partial charge on any atom is -0.463 e. The van der Waals surface area contributed by atoms with Crippen LogP contribution in [0.4, 0.5) is 0 Å². The highest BCUT2D eigenvalue weighted by molar-refractivity contribution is 6.20. The number of ether oxygens (including phenoxy) is 9. The Morgan fingerprint density at radius 2 is 1.10 bits per heavy atom. The number of carbonyl (C=O) groups excluding carboxylic acids is 6. The molecular formula is C25H36ClNO15. The van der Waals surface area contributed by atoms with Crippen molar-refractivity contribution in [3.63, 3.8) is 0 Å². The number of carbonyl (C=O) groups is 6. The molecule has 16 nitrogen and oxygen atoms in total. The van der Waals surface area contributed by atoms with Crippen molar-refractivity contribution in [2.45, 2.75) is 102 Å². The zero-order valence-corrected chi connectivity index (χ0v) is 24.9. The molecule has 238 valence electrons. The molecule has 2 saturated heterocycles. The molecular weight excluding hydrogens is 590 g/mol. The monoisotopic (exact) mass is 625 g/mol. The molecule has 0 aromatic rings. The number of hydrogen-bond acceptors (Lipinski definition) is 15. The molecule has 2 heterocycles. The van der Waals surface area contributed by atoms with Crippen LogP contribution in [-0.4, -0.2) is 117 Å². The maximum Gasteiger partial charge on any atom is 0.303 e. The van der Waals surface area contributed by atoms with Gasteiger partial charge in [0.2, 0.25) is 5.91 Å². The normalized spacial score (nSPS) is 32.6. The first kappa shape index (κ1) is 35.1. The summed E-state index contributed by atoms with van der Waals surface area (Å²) < 4.78 is 49.8. The number of rotatable bonds is 11. The van der Waals surface area contributed by atoms with E-state index in [4.69, 9.17) is 54.2 Å². The largest absolute Gasteiger partial charge is 0.463 e. The first-order valence-corrected chi connectivity index (χ1v) is 13.3. The quantitative estimate of drug-likeness (QED) is 0.175. The lowest BCUT2D eigenvalue weighted by Crippen LogP contribution is -2.68. The first-order valence-electron chi connectivity index (χ1n) is 12.8. The van der Waals surface area contributed by atoms with Crippen LogP contribution in [0.25, 0.3) is 0 Å². The van der Waals surface area contributed by atoms with Crippen LogP contribution in [0.2, 0.25) is 0 Å². The summed E-state index contributed by atoms with van der Waals surface area (Å²) in [5.41, 5.74) is -1.32. The third kappa shape index (κ3) is 10.0. The van der Waals surface area contributed by atoms with Gasteiger partial charge in [0.15, 0.2) is 30.2 Å². The average Bonchev–Trinajstić information content (AvgIpc) is 2.86. The maximum atomic E-state index is 12.2. The Kier molecular flexibility index (Phi) is 13.4. The van der Waals surface area contributed by atoms with Gasteiger partial charge in [0.25, 0.3) is 0 Å². The van der Waals surface area contributed by atoms with Crippen molar-refractivity contribution < 1.29 is 71.4 Å². The molecule has 17 heteroatoms. The first-order chi connectivity index (χ1) is 19.6. The lowest BCUT2D eigenvalue weighted by atomic mass is 9.95. The van der Waals surface area contributed by atoms with Crippen LogP contribution in [0.1, 0.15) is 41.5 Å². The van der Waals surface area contributed by atoms with E-state index in [9.17, 15) is 28.8 Å². The van der Waals surface area contributed by atoms with Gasteiger partial charge in [-0.05, 0) is 0 Å². The third-order valence-electron chi connectivity index (χ3n) is 5.96. The minimum atomic E-state index is -1.51. The molecule has 2 rings (SSSR count). The van der Waals surface area contributed by atoms with Crippen molar-refractivity contribution in [3.8, 4) is 0 Å².